The molecule has 4 nitrogen and oxygen atoms in total. The van der Waals surface area contributed by atoms with Gasteiger partial charge < -0.3 is 9.73 Å². The second-order valence-electron chi connectivity index (χ2n) is 5.98. The lowest BCUT2D eigenvalue weighted by Crippen LogP contribution is -2.27. The largest absolute Gasteiger partial charge is 0.457 e. The fourth-order valence-corrected chi connectivity index (χ4v) is 2.85. The number of nitriles is 1. The predicted octanol–water partition coefficient (Wildman–Crippen LogP) is 5.49. The first kappa shape index (κ1) is 18.7. The molecule has 0 radical (unpaired) electrons. The molecule has 27 heavy (non-hydrogen) atoms. The number of amides is 1. The predicted molar refractivity (Wildman–Crippen MR) is 108 cm³/mol. The van der Waals surface area contributed by atoms with Gasteiger partial charge in [-0.3, -0.25) is 4.79 Å². The van der Waals surface area contributed by atoms with E-state index in [1.165, 1.54) is 6.08 Å². The number of halogens is 1. The number of nitrogens with zero attached hydrogens (tertiary/aromatic N) is 1. The van der Waals surface area contributed by atoms with E-state index in [0.29, 0.717) is 11.5 Å². The average molecular weight is 421 g/mol. The molecule has 0 fully saturated rings. The Kier molecular flexibility index (Phi) is 5.90. The molecular weight excluding hydrogens is 404 g/mol. The Bertz CT molecular complexity index is 999. The normalized spacial score (nSPS) is 12.3. The molecule has 2 aromatic carbocycles. The molecule has 0 aliphatic carbocycles. The number of furan rings is 1. The van der Waals surface area contributed by atoms with E-state index in [9.17, 15) is 10.1 Å². The van der Waals surface area contributed by atoms with Gasteiger partial charge in [-0.05, 0) is 36.8 Å². The van der Waals surface area contributed by atoms with Crippen molar-refractivity contribution in [1.29, 1.82) is 5.26 Å². The highest BCUT2D eigenvalue weighted by atomic mass is 79.9. The van der Waals surface area contributed by atoms with Gasteiger partial charge in [-0.1, -0.05) is 58.4 Å². The highest BCUT2D eigenvalue weighted by molar-refractivity contribution is 9.10. The molecule has 0 bridgehead atoms. The average Bonchev–Trinajstić information content (AvgIpc) is 3.16. The highest BCUT2D eigenvalue weighted by Gasteiger charge is 2.14. The molecule has 5 heteroatoms. The minimum absolute atomic E-state index is 0.00510. The Morgan fingerprint density at radius 2 is 1.81 bits per heavy atom. The summed E-state index contributed by atoms with van der Waals surface area (Å²) < 4.78 is 6.74. The smallest absolute Gasteiger partial charge is 0.262 e. The maximum absolute atomic E-state index is 12.4. The van der Waals surface area contributed by atoms with Crippen molar-refractivity contribution in [3.8, 4) is 17.4 Å². The van der Waals surface area contributed by atoms with E-state index in [0.717, 1.165) is 15.6 Å². The number of hydrogen-bond donors (Lipinski definition) is 1. The number of benzene rings is 2. The molecule has 1 aromatic heterocycles. The van der Waals surface area contributed by atoms with Crippen molar-refractivity contribution < 1.29 is 9.21 Å². The van der Waals surface area contributed by atoms with E-state index in [1.54, 1.807) is 6.07 Å². The summed E-state index contributed by atoms with van der Waals surface area (Å²) >= 11 is 3.40. The second kappa shape index (κ2) is 8.52. The van der Waals surface area contributed by atoms with E-state index >= 15 is 0 Å². The molecule has 0 aliphatic rings. The zero-order valence-electron chi connectivity index (χ0n) is 14.6. The highest BCUT2D eigenvalue weighted by Crippen LogP contribution is 2.25. The third-order valence-electron chi connectivity index (χ3n) is 4.05. The van der Waals surface area contributed by atoms with Gasteiger partial charge in [-0.15, -0.1) is 0 Å². The van der Waals surface area contributed by atoms with Crippen LogP contribution in [0.1, 0.15) is 24.3 Å². The van der Waals surface area contributed by atoms with E-state index in [1.807, 2.05) is 73.7 Å². The second-order valence-corrected chi connectivity index (χ2v) is 6.90. The molecule has 1 heterocycles. The molecule has 1 amide bonds. The fraction of sp³-hybridized carbons (Fsp3) is 0.0909. The Morgan fingerprint density at radius 1 is 1.11 bits per heavy atom. The Labute approximate surface area is 166 Å². The molecule has 0 saturated carbocycles. The number of carbonyl (C=O) groups is 1. The van der Waals surface area contributed by atoms with Crippen molar-refractivity contribution in [3.05, 3.63) is 88.1 Å². The van der Waals surface area contributed by atoms with Crippen LogP contribution in [-0.4, -0.2) is 5.91 Å². The van der Waals surface area contributed by atoms with E-state index < -0.39 is 5.91 Å². The van der Waals surface area contributed by atoms with Crippen LogP contribution >= 0.6 is 15.9 Å². The quantitative estimate of drug-likeness (QED) is 0.438. The van der Waals surface area contributed by atoms with Crippen LogP contribution in [0.5, 0.6) is 0 Å². The maximum atomic E-state index is 12.4. The van der Waals surface area contributed by atoms with E-state index in [-0.39, 0.29) is 11.6 Å². The maximum Gasteiger partial charge on any atom is 0.262 e. The molecule has 1 N–H and O–H groups in total. The number of hydrogen-bond acceptors (Lipinski definition) is 3. The Morgan fingerprint density at radius 3 is 2.48 bits per heavy atom. The van der Waals surface area contributed by atoms with Gasteiger partial charge in [0, 0.05) is 16.1 Å². The van der Waals surface area contributed by atoms with Crippen LogP contribution in [0.25, 0.3) is 17.4 Å². The van der Waals surface area contributed by atoms with Crippen molar-refractivity contribution in [2.24, 2.45) is 0 Å². The van der Waals surface area contributed by atoms with Gasteiger partial charge in [0.05, 0.1) is 6.04 Å². The molecule has 3 rings (SSSR count). The lowest BCUT2D eigenvalue weighted by molar-refractivity contribution is -0.117. The van der Waals surface area contributed by atoms with Crippen LogP contribution in [0.4, 0.5) is 0 Å². The van der Waals surface area contributed by atoms with Crippen molar-refractivity contribution in [2.75, 3.05) is 0 Å². The first-order valence-corrected chi connectivity index (χ1v) is 9.19. The number of carbonyl (C=O) groups excluding carboxylic acids is 1. The SMILES string of the molecule is CC(NC(=O)/C(C#N)=C/c1ccc(-c2ccc(Br)cc2)o1)c1ccccc1. The van der Waals surface area contributed by atoms with Crippen LogP contribution in [0.15, 0.2) is 81.2 Å². The fourth-order valence-electron chi connectivity index (χ4n) is 2.59. The summed E-state index contributed by atoms with van der Waals surface area (Å²) in [6.07, 6.45) is 1.45. The molecule has 134 valence electrons. The van der Waals surface area contributed by atoms with Crippen LogP contribution < -0.4 is 5.32 Å². The molecule has 1 unspecified atom stereocenters. The minimum Gasteiger partial charge on any atom is -0.457 e. The molecule has 0 aliphatic heterocycles. The van der Waals surface area contributed by atoms with E-state index in [4.69, 9.17) is 4.42 Å². The standard InChI is InChI=1S/C22H17BrN2O2/c1-15(16-5-3-2-4-6-16)25-22(26)18(14-24)13-20-11-12-21(27-20)17-7-9-19(23)10-8-17/h2-13,15H,1H3,(H,25,26)/b18-13+. The third kappa shape index (κ3) is 4.75. The summed E-state index contributed by atoms with van der Waals surface area (Å²) in [5.41, 5.74) is 1.88. The van der Waals surface area contributed by atoms with E-state index in [2.05, 4.69) is 21.2 Å². The zero-order chi connectivity index (χ0) is 19.2. The lowest BCUT2D eigenvalue weighted by Gasteiger charge is -2.13. The first-order valence-electron chi connectivity index (χ1n) is 8.40. The van der Waals surface area contributed by atoms with Crippen LogP contribution in [0.2, 0.25) is 0 Å². The molecule has 0 saturated heterocycles. The van der Waals surface area contributed by atoms with Gasteiger partial charge in [0.2, 0.25) is 0 Å². The van der Waals surface area contributed by atoms with Gasteiger partial charge in [-0.25, -0.2) is 0 Å². The minimum atomic E-state index is -0.435. The zero-order valence-corrected chi connectivity index (χ0v) is 16.2. The Balaban J connectivity index is 1.75. The van der Waals surface area contributed by atoms with Gasteiger partial charge in [-0.2, -0.15) is 5.26 Å². The van der Waals surface area contributed by atoms with Crippen LogP contribution in [0, 0.1) is 11.3 Å². The van der Waals surface area contributed by atoms with Gasteiger partial charge in [0.15, 0.2) is 0 Å². The number of rotatable bonds is 5. The van der Waals surface area contributed by atoms with Gasteiger partial charge >= 0.3 is 0 Å². The third-order valence-corrected chi connectivity index (χ3v) is 4.58. The summed E-state index contributed by atoms with van der Waals surface area (Å²) in [7, 11) is 0. The summed E-state index contributed by atoms with van der Waals surface area (Å²) in [6, 6.07) is 22.6. The summed E-state index contributed by atoms with van der Waals surface area (Å²) in [6.45, 7) is 1.88. The monoisotopic (exact) mass is 420 g/mol. The molecule has 3 aromatic rings. The topological polar surface area (TPSA) is 66.0 Å². The first-order chi connectivity index (χ1) is 13.1. The summed E-state index contributed by atoms with van der Waals surface area (Å²) in [5, 5.41) is 12.2. The summed E-state index contributed by atoms with van der Waals surface area (Å²) in [5.74, 6) is 0.687. The van der Waals surface area contributed by atoms with Crippen LogP contribution in [0.3, 0.4) is 0 Å². The molecule has 0 spiro atoms. The van der Waals surface area contributed by atoms with Crippen molar-refractivity contribution in [2.45, 2.75) is 13.0 Å². The summed E-state index contributed by atoms with van der Waals surface area (Å²) in [4.78, 5) is 12.4. The lowest BCUT2D eigenvalue weighted by atomic mass is 10.1. The van der Waals surface area contributed by atoms with Gasteiger partial charge in [0.25, 0.3) is 5.91 Å². The van der Waals surface area contributed by atoms with Crippen molar-refractivity contribution in [1.82, 2.24) is 5.32 Å². The molecule has 1 atom stereocenters. The van der Waals surface area contributed by atoms with Gasteiger partial charge in [0.1, 0.15) is 23.2 Å². The Hall–Kier alpha value is -3.10. The van der Waals surface area contributed by atoms with Crippen molar-refractivity contribution in [3.63, 3.8) is 0 Å². The van der Waals surface area contributed by atoms with Crippen molar-refractivity contribution >= 4 is 27.9 Å². The van der Waals surface area contributed by atoms with Crippen LogP contribution in [-0.2, 0) is 4.79 Å². The number of nitrogens with one attached hydrogen (secondary N) is 1. The molecular formula is C22H17BrN2O2.